The molecule has 8 aromatic carbocycles. The summed E-state index contributed by atoms with van der Waals surface area (Å²) in [6, 6.07) is 69.0. The van der Waals surface area contributed by atoms with Gasteiger partial charge < -0.3 is 14.5 Å². The standard InChI is InChI=1S/C48H32N2OS/c1-3-11-37(12-4-1)49(39-25-19-33(20-26-39)35-24-30-48-42(31-35)41-15-7-10-18-47(41)52-48)40-27-21-34(22-28-40)36-23-29-44-46(32-36)51-45-17-9-8-16-43(45)50(44)38-13-5-2-6-14-38/h1-32H. The van der Waals surface area contributed by atoms with E-state index in [1.54, 1.807) is 0 Å². The molecule has 9 aromatic rings. The minimum atomic E-state index is 0.835. The molecule has 0 fully saturated rings. The average Bonchev–Trinajstić information content (AvgIpc) is 3.59. The van der Waals surface area contributed by atoms with Crippen molar-refractivity contribution < 1.29 is 4.74 Å². The first-order chi connectivity index (χ1) is 25.8. The van der Waals surface area contributed by atoms with Crippen LogP contribution in [0.2, 0.25) is 0 Å². The minimum Gasteiger partial charge on any atom is -0.453 e. The number of benzene rings is 8. The topological polar surface area (TPSA) is 15.7 Å². The lowest BCUT2D eigenvalue weighted by molar-refractivity contribution is 0.477. The van der Waals surface area contributed by atoms with Gasteiger partial charge >= 0.3 is 0 Å². The van der Waals surface area contributed by atoms with Crippen LogP contribution in [0.5, 0.6) is 11.5 Å². The molecule has 0 aliphatic carbocycles. The number of fused-ring (bicyclic) bond motifs is 5. The second-order valence-corrected chi connectivity index (χ2v) is 14.1. The van der Waals surface area contributed by atoms with E-state index in [0.29, 0.717) is 0 Å². The van der Waals surface area contributed by atoms with E-state index in [1.807, 2.05) is 29.5 Å². The van der Waals surface area contributed by atoms with E-state index in [-0.39, 0.29) is 0 Å². The number of ether oxygens (including phenoxy) is 1. The van der Waals surface area contributed by atoms with Crippen LogP contribution in [0.1, 0.15) is 0 Å². The van der Waals surface area contributed by atoms with E-state index >= 15 is 0 Å². The number of nitrogens with zero attached hydrogens (tertiary/aromatic N) is 2. The van der Waals surface area contributed by atoms with Crippen molar-refractivity contribution in [3.63, 3.8) is 0 Å². The van der Waals surface area contributed by atoms with Crippen molar-refractivity contribution in [2.75, 3.05) is 9.80 Å². The number of hydrogen-bond acceptors (Lipinski definition) is 4. The van der Waals surface area contributed by atoms with Crippen LogP contribution in [0.25, 0.3) is 42.4 Å². The van der Waals surface area contributed by atoms with Crippen LogP contribution in [-0.4, -0.2) is 0 Å². The molecule has 0 atom stereocenters. The number of anilines is 6. The van der Waals surface area contributed by atoms with E-state index in [1.165, 1.54) is 31.3 Å². The van der Waals surface area contributed by atoms with E-state index in [4.69, 9.17) is 4.74 Å². The van der Waals surface area contributed by atoms with Crippen LogP contribution in [0, 0.1) is 0 Å². The van der Waals surface area contributed by atoms with Gasteiger partial charge in [-0.3, -0.25) is 0 Å². The van der Waals surface area contributed by atoms with Crippen molar-refractivity contribution in [1.82, 2.24) is 0 Å². The van der Waals surface area contributed by atoms with Crippen molar-refractivity contribution in [1.29, 1.82) is 0 Å². The summed E-state index contributed by atoms with van der Waals surface area (Å²) in [6.45, 7) is 0. The van der Waals surface area contributed by atoms with Crippen LogP contribution in [0.3, 0.4) is 0 Å². The van der Waals surface area contributed by atoms with E-state index in [9.17, 15) is 0 Å². The number of para-hydroxylation sites is 4. The molecule has 0 saturated carbocycles. The molecule has 3 nitrogen and oxygen atoms in total. The minimum absolute atomic E-state index is 0.835. The van der Waals surface area contributed by atoms with Gasteiger partial charge in [-0.15, -0.1) is 11.3 Å². The smallest absolute Gasteiger partial charge is 0.152 e. The highest BCUT2D eigenvalue weighted by Gasteiger charge is 2.26. The lowest BCUT2D eigenvalue weighted by Crippen LogP contribution is -2.15. The van der Waals surface area contributed by atoms with Gasteiger partial charge in [0.1, 0.15) is 0 Å². The molecular weight excluding hydrogens is 653 g/mol. The molecule has 10 rings (SSSR count). The second-order valence-electron chi connectivity index (χ2n) is 13.0. The number of thiophene rings is 1. The number of rotatable bonds is 6. The highest BCUT2D eigenvalue weighted by atomic mass is 32.1. The Kier molecular flexibility index (Phi) is 7.33. The van der Waals surface area contributed by atoms with Gasteiger partial charge in [-0.25, -0.2) is 0 Å². The molecule has 0 bridgehead atoms. The van der Waals surface area contributed by atoms with Gasteiger partial charge in [-0.05, 0) is 113 Å². The fourth-order valence-corrected chi connectivity index (χ4v) is 8.41. The quantitative estimate of drug-likeness (QED) is 0.173. The Balaban J connectivity index is 0.977. The zero-order valence-electron chi connectivity index (χ0n) is 28.2. The van der Waals surface area contributed by atoms with Gasteiger partial charge in [-0.2, -0.15) is 0 Å². The lowest BCUT2D eigenvalue weighted by atomic mass is 10.0. The van der Waals surface area contributed by atoms with Crippen molar-refractivity contribution >= 4 is 65.6 Å². The number of hydrogen-bond donors (Lipinski definition) is 0. The SMILES string of the molecule is c1ccc(N(c2ccc(-c3ccc4c(c3)Oc3ccccc3N4c3ccccc3)cc2)c2ccc(-c3ccc4sc5ccccc5c4c3)cc2)cc1. The van der Waals surface area contributed by atoms with E-state index < -0.39 is 0 Å². The van der Waals surface area contributed by atoms with Crippen molar-refractivity contribution in [3.8, 4) is 33.8 Å². The highest BCUT2D eigenvalue weighted by molar-refractivity contribution is 7.25. The molecule has 246 valence electrons. The summed E-state index contributed by atoms with van der Waals surface area (Å²) < 4.78 is 9.15. The molecule has 0 amide bonds. The Bertz CT molecular complexity index is 2700. The monoisotopic (exact) mass is 684 g/mol. The van der Waals surface area contributed by atoms with E-state index in [0.717, 1.165) is 56.8 Å². The Morgan fingerprint density at radius 1 is 0.385 bits per heavy atom. The summed E-state index contributed by atoms with van der Waals surface area (Å²) >= 11 is 1.85. The predicted molar refractivity (Wildman–Crippen MR) is 220 cm³/mol. The van der Waals surface area contributed by atoms with Crippen molar-refractivity contribution in [2.24, 2.45) is 0 Å². The zero-order valence-corrected chi connectivity index (χ0v) is 29.0. The first-order valence-electron chi connectivity index (χ1n) is 17.5. The molecule has 0 saturated heterocycles. The summed E-state index contributed by atoms with van der Waals surface area (Å²) in [5, 5.41) is 2.64. The maximum atomic E-state index is 6.50. The molecule has 4 heteroatoms. The van der Waals surface area contributed by atoms with Crippen LogP contribution in [0.15, 0.2) is 194 Å². The molecule has 1 aromatic heterocycles. The molecule has 1 aliphatic heterocycles. The lowest BCUT2D eigenvalue weighted by Gasteiger charge is -2.33. The molecule has 0 N–H and O–H groups in total. The Labute approximate surface area is 306 Å². The molecular formula is C48H32N2OS. The summed E-state index contributed by atoms with van der Waals surface area (Å²) in [6.07, 6.45) is 0. The Hall–Kier alpha value is -6.62. The first-order valence-corrected chi connectivity index (χ1v) is 18.3. The summed E-state index contributed by atoms with van der Waals surface area (Å²) in [5.41, 5.74) is 11.1. The molecule has 0 radical (unpaired) electrons. The second kappa shape index (κ2) is 12.6. The van der Waals surface area contributed by atoms with E-state index in [2.05, 4.69) is 186 Å². The summed E-state index contributed by atoms with van der Waals surface area (Å²) in [4.78, 5) is 4.58. The van der Waals surface area contributed by atoms with Gasteiger partial charge in [0, 0.05) is 42.9 Å². The van der Waals surface area contributed by atoms with Crippen LogP contribution in [0.4, 0.5) is 34.1 Å². The fourth-order valence-electron chi connectivity index (χ4n) is 7.33. The maximum absolute atomic E-state index is 6.50. The Morgan fingerprint density at radius 2 is 0.923 bits per heavy atom. The maximum Gasteiger partial charge on any atom is 0.152 e. The first kappa shape index (κ1) is 30.2. The third-order valence-corrected chi connectivity index (χ3v) is 11.0. The normalized spacial score (nSPS) is 12.0. The average molecular weight is 685 g/mol. The Morgan fingerprint density at radius 3 is 1.67 bits per heavy atom. The zero-order chi connectivity index (χ0) is 34.4. The summed E-state index contributed by atoms with van der Waals surface area (Å²) in [5.74, 6) is 1.68. The molecule has 52 heavy (non-hydrogen) atoms. The predicted octanol–water partition coefficient (Wildman–Crippen LogP) is 14.4. The van der Waals surface area contributed by atoms with Crippen molar-refractivity contribution in [2.45, 2.75) is 0 Å². The van der Waals surface area contributed by atoms with Crippen LogP contribution in [-0.2, 0) is 0 Å². The molecule has 0 spiro atoms. The van der Waals surface area contributed by atoms with Crippen molar-refractivity contribution in [3.05, 3.63) is 194 Å². The van der Waals surface area contributed by atoms with Gasteiger partial charge in [0.05, 0.1) is 11.4 Å². The van der Waals surface area contributed by atoms with Gasteiger partial charge in [0.2, 0.25) is 0 Å². The largest absolute Gasteiger partial charge is 0.453 e. The van der Waals surface area contributed by atoms with Gasteiger partial charge in [0.15, 0.2) is 11.5 Å². The van der Waals surface area contributed by atoms with Crippen LogP contribution >= 0.6 is 11.3 Å². The van der Waals surface area contributed by atoms with Crippen LogP contribution < -0.4 is 14.5 Å². The summed E-state index contributed by atoms with van der Waals surface area (Å²) in [7, 11) is 0. The third kappa shape index (κ3) is 5.29. The molecule has 2 heterocycles. The van der Waals surface area contributed by atoms with Gasteiger partial charge in [-0.1, -0.05) is 103 Å². The third-order valence-electron chi connectivity index (χ3n) is 9.85. The molecule has 0 unspecified atom stereocenters. The van der Waals surface area contributed by atoms with Gasteiger partial charge in [0.25, 0.3) is 0 Å². The fraction of sp³-hybridized carbons (Fsp3) is 0. The molecule has 1 aliphatic rings. The highest BCUT2D eigenvalue weighted by Crippen LogP contribution is 2.51.